The van der Waals surface area contributed by atoms with E-state index in [1.165, 1.54) is 0 Å². The van der Waals surface area contributed by atoms with E-state index in [4.69, 9.17) is 5.84 Å². The lowest BCUT2D eigenvalue weighted by molar-refractivity contribution is -0.125. The van der Waals surface area contributed by atoms with Crippen LogP contribution < -0.4 is 11.3 Å². The summed E-state index contributed by atoms with van der Waals surface area (Å²) in [5.74, 6) is 4.76. The van der Waals surface area contributed by atoms with Gasteiger partial charge in [0.2, 0.25) is 5.91 Å². The number of carbonyl (C=O) groups excluding carboxylic acids is 1. The minimum absolute atomic E-state index is 0.132. The number of nitrogens with zero attached hydrogens (tertiary/aromatic N) is 1. The third-order valence-corrected chi connectivity index (χ3v) is 2.78. The summed E-state index contributed by atoms with van der Waals surface area (Å²) in [6, 6.07) is 0.345. The van der Waals surface area contributed by atoms with E-state index in [9.17, 15) is 9.90 Å². The largest absolute Gasteiger partial charge is 0.392 e. The molecular formula is C9H19N3O2. The van der Waals surface area contributed by atoms with Gasteiger partial charge in [-0.05, 0) is 13.3 Å². The molecule has 1 amide bonds. The number of nitrogens with one attached hydrogen (secondary N) is 1. The maximum Gasteiger partial charge on any atom is 0.237 e. The highest BCUT2D eigenvalue weighted by Crippen LogP contribution is 2.18. The summed E-state index contributed by atoms with van der Waals surface area (Å²) in [5, 5.41) is 9.41. The lowest BCUT2D eigenvalue weighted by atomic mass is 10.1. The molecule has 1 heterocycles. The zero-order valence-corrected chi connectivity index (χ0v) is 8.73. The molecule has 1 saturated heterocycles. The molecule has 5 nitrogen and oxygen atoms in total. The van der Waals surface area contributed by atoms with Crippen LogP contribution in [0.2, 0.25) is 0 Å². The van der Waals surface area contributed by atoms with E-state index in [-0.39, 0.29) is 17.9 Å². The van der Waals surface area contributed by atoms with E-state index in [0.29, 0.717) is 19.1 Å². The first kappa shape index (κ1) is 11.4. The number of aliphatic hydroxyl groups is 1. The maximum absolute atomic E-state index is 11.2. The van der Waals surface area contributed by atoms with Gasteiger partial charge in [0.15, 0.2) is 0 Å². The molecule has 0 spiro atoms. The Balaban J connectivity index is 2.40. The fourth-order valence-corrected chi connectivity index (χ4v) is 1.90. The number of hydrazine groups is 1. The number of amides is 1. The summed E-state index contributed by atoms with van der Waals surface area (Å²) in [7, 11) is 0. The molecule has 0 radical (unpaired) electrons. The number of rotatable bonds is 3. The van der Waals surface area contributed by atoms with E-state index >= 15 is 0 Å². The third kappa shape index (κ3) is 2.67. The van der Waals surface area contributed by atoms with Gasteiger partial charge >= 0.3 is 0 Å². The molecule has 0 bridgehead atoms. The first-order valence-corrected chi connectivity index (χ1v) is 4.97. The van der Waals surface area contributed by atoms with Gasteiger partial charge in [-0.15, -0.1) is 0 Å². The molecule has 0 aliphatic carbocycles. The van der Waals surface area contributed by atoms with Gasteiger partial charge in [-0.1, -0.05) is 6.92 Å². The van der Waals surface area contributed by atoms with E-state index in [1.54, 1.807) is 0 Å². The minimum Gasteiger partial charge on any atom is -0.392 e. The molecule has 3 atom stereocenters. The molecule has 1 aliphatic heterocycles. The number of β-amino-alcohol motifs (C(OH)–C–C–N with tert-alkyl or cyclic N) is 1. The van der Waals surface area contributed by atoms with Crippen molar-refractivity contribution in [3.63, 3.8) is 0 Å². The summed E-state index contributed by atoms with van der Waals surface area (Å²) in [6.07, 6.45) is 0.537. The second-order valence-electron chi connectivity index (χ2n) is 4.10. The number of likely N-dealkylation sites (tertiary alicyclic amines) is 1. The molecule has 4 N–H and O–H groups in total. The van der Waals surface area contributed by atoms with Gasteiger partial charge in [-0.3, -0.25) is 15.1 Å². The summed E-state index contributed by atoms with van der Waals surface area (Å²) in [5.41, 5.74) is 2.14. The standard InChI is InChI=1S/C9H19N3O2/c1-6(9(14)11-10)4-12-5-8(13)3-7(12)2/h6-8,13H,3-5,10H2,1-2H3,(H,11,14). The fraction of sp³-hybridized carbons (Fsp3) is 0.889. The van der Waals surface area contributed by atoms with Crippen LogP contribution >= 0.6 is 0 Å². The topological polar surface area (TPSA) is 78.6 Å². The zero-order chi connectivity index (χ0) is 10.7. The van der Waals surface area contributed by atoms with Gasteiger partial charge in [0, 0.05) is 25.0 Å². The number of nitrogens with two attached hydrogens (primary N) is 1. The van der Waals surface area contributed by atoms with Gasteiger partial charge in [-0.25, -0.2) is 5.84 Å². The van der Waals surface area contributed by atoms with Gasteiger partial charge in [0.05, 0.1) is 6.10 Å². The van der Waals surface area contributed by atoms with Crippen molar-refractivity contribution in [2.24, 2.45) is 11.8 Å². The van der Waals surface area contributed by atoms with E-state index < -0.39 is 0 Å². The first-order valence-electron chi connectivity index (χ1n) is 4.97. The molecule has 0 aromatic carbocycles. The van der Waals surface area contributed by atoms with E-state index in [1.807, 2.05) is 6.92 Å². The predicted octanol–water partition coefficient (Wildman–Crippen LogP) is -0.932. The molecule has 1 fully saturated rings. The SMILES string of the molecule is CC(CN1CC(O)CC1C)C(=O)NN. The van der Waals surface area contributed by atoms with Crippen LogP contribution in [0.3, 0.4) is 0 Å². The molecule has 1 rings (SSSR count). The average Bonchev–Trinajstić information content (AvgIpc) is 2.44. The van der Waals surface area contributed by atoms with Crippen molar-refractivity contribution in [3.8, 4) is 0 Å². The van der Waals surface area contributed by atoms with Crippen LogP contribution in [0.25, 0.3) is 0 Å². The molecule has 3 unspecified atom stereocenters. The van der Waals surface area contributed by atoms with E-state index in [2.05, 4.69) is 17.2 Å². The van der Waals surface area contributed by atoms with Crippen molar-refractivity contribution in [1.82, 2.24) is 10.3 Å². The molecule has 0 aromatic rings. The number of aliphatic hydroxyl groups excluding tert-OH is 1. The lowest BCUT2D eigenvalue weighted by Gasteiger charge is -2.23. The predicted molar refractivity (Wildman–Crippen MR) is 53.2 cm³/mol. The second-order valence-corrected chi connectivity index (χ2v) is 4.10. The van der Waals surface area contributed by atoms with Crippen molar-refractivity contribution >= 4 is 5.91 Å². The van der Waals surface area contributed by atoms with Crippen LogP contribution in [-0.2, 0) is 4.79 Å². The van der Waals surface area contributed by atoms with Crippen LogP contribution in [-0.4, -0.2) is 41.1 Å². The Labute approximate surface area is 84.2 Å². The van der Waals surface area contributed by atoms with Crippen molar-refractivity contribution in [1.29, 1.82) is 0 Å². The van der Waals surface area contributed by atoms with Gasteiger partial charge in [0.25, 0.3) is 0 Å². The van der Waals surface area contributed by atoms with Crippen molar-refractivity contribution in [2.75, 3.05) is 13.1 Å². The summed E-state index contributed by atoms with van der Waals surface area (Å²) in [4.78, 5) is 13.3. The van der Waals surface area contributed by atoms with Crippen molar-refractivity contribution < 1.29 is 9.90 Å². The Morgan fingerprint density at radius 2 is 2.43 bits per heavy atom. The smallest absolute Gasteiger partial charge is 0.237 e. The number of hydrogen-bond donors (Lipinski definition) is 3. The van der Waals surface area contributed by atoms with Crippen LogP contribution in [0.1, 0.15) is 20.3 Å². The molecule has 0 saturated carbocycles. The van der Waals surface area contributed by atoms with Crippen LogP contribution in [0.4, 0.5) is 0 Å². The maximum atomic E-state index is 11.2. The van der Waals surface area contributed by atoms with Crippen molar-refractivity contribution in [3.05, 3.63) is 0 Å². The summed E-state index contributed by atoms with van der Waals surface area (Å²) < 4.78 is 0. The molecule has 5 heteroatoms. The number of carbonyl (C=O) groups is 1. The van der Waals surface area contributed by atoms with Crippen LogP contribution in [0.15, 0.2) is 0 Å². The number of hydrogen-bond acceptors (Lipinski definition) is 4. The highest BCUT2D eigenvalue weighted by Gasteiger charge is 2.29. The zero-order valence-electron chi connectivity index (χ0n) is 8.73. The molecule has 14 heavy (non-hydrogen) atoms. The fourth-order valence-electron chi connectivity index (χ4n) is 1.90. The molecule has 82 valence electrons. The lowest BCUT2D eigenvalue weighted by Crippen LogP contribution is -2.41. The summed E-state index contributed by atoms with van der Waals surface area (Å²) in [6.45, 7) is 5.20. The van der Waals surface area contributed by atoms with Crippen molar-refractivity contribution in [2.45, 2.75) is 32.4 Å². The highest BCUT2D eigenvalue weighted by atomic mass is 16.3. The van der Waals surface area contributed by atoms with Crippen LogP contribution in [0, 0.1) is 5.92 Å². The van der Waals surface area contributed by atoms with E-state index in [0.717, 1.165) is 6.42 Å². The average molecular weight is 201 g/mol. The van der Waals surface area contributed by atoms with Crippen LogP contribution in [0.5, 0.6) is 0 Å². The van der Waals surface area contributed by atoms with Gasteiger partial charge < -0.3 is 5.11 Å². The highest BCUT2D eigenvalue weighted by molar-refractivity contribution is 5.77. The first-order chi connectivity index (χ1) is 6.54. The normalized spacial score (nSPS) is 30.3. The Morgan fingerprint density at radius 3 is 2.86 bits per heavy atom. The molecule has 1 aliphatic rings. The van der Waals surface area contributed by atoms with Gasteiger partial charge in [-0.2, -0.15) is 0 Å². The minimum atomic E-state index is -0.252. The Bertz CT molecular complexity index is 210. The Kier molecular flexibility index (Phi) is 3.86. The Hall–Kier alpha value is -0.650. The monoisotopic (exact) mass is 201 g/mol. The molecular weight excluding hydrogens is 182 g/mol. The van der Waals surface area contributed by atoms with Gasteiger partial charge in [0.1, 0.15) is 0 Å². The summed E-state index contributed by atoms with van der Waals surface area (Å²) >= 11 is 0. The second kappa shape index (κ2) is 4.72. The quantitative estimate of drug-likeness (QED) is 0.313. The third-order valence-electron chi connectivity index (χ3n) is 2.78. The Morgan fingerprint density at radius 1 is 1.79 bits per heavy atom. The molecule has 0 aromatic heterocycles.